The molecule has 0 spiro atoms. The van der Waals surface area contributed by atoms with Crippen LogP contribution in [0.2, 0.25) is 0 Å². The molecule has 0 radical (unpaired) electrons. The Hall–Kier alpha value is -2.96. The SMILES string of the molecule is CN=C(NCCc1ccc(OC)c(OC)c1)NCc1ccc(OC)nc1. The zero-order valence-electron chi connectivity index (χ0n) is 15.7. The molecule has 0 saturated carbocycles. The van der Waals surface area contributed by atoms with Gasteiger partial charge in [-0.3, -0.25) is 4.99 Å². The first-order valence-electron chi connectivity index (χ1n) is 8.34. The van der Waals surface area contributed by atoms with Gasteiger partial charge in [-0.15, -0.1) is 0 Å². The van der Waals surface area contributed by atoms with Gasteiger partial charge < -0.3 is 24.8 Å². The van der Waals surface area contributed by atoms with E-state index in [1.54, 1.807) is 34.6 Å². The summed E-state index contributed by atoms with van der Waals surface area (Å²) in [5.41, 5.74) is 2.21. The molecule has 1 aromatic carbocycles. The smallest absolute Gasteiger partial charge is 0.212 e. The van der Waals surface area contributed by atoms with Gasteiger partial charge in [-0.25, -0.2) is 4.98 Å². The second-order valence-corrected chi connectivity index (χ2v) is 5.50. The maximum atomic E-state index is 5.33. The number of hydrogen-bond donors (Lipinski definition) is 2. The number of ether oxygens (including phenoxy) is 3. The lowest BCUT2D eigenvalue weighted by Crippen LogP contribution is -2.37. The van der Waals surface area contributed by atoms with Gasteiger partial charge in [-0.1, -0.05) is 12.1 Å². The van der Waals surface area contributed by atoms with Crippen LogP contribution in [0.5, 0.6) is 17.4 Å². The molecular weight excluding hydrogens is 332 g/mol. The molecule has 2 N–H and O–H groups in total. The number of aromatic nitrogens is 1. The standard InChI is InChI=1S/C19H26N4O3/c1-20-19(23-13-15-6-8-18(26-4)22-12-15)21-10-9-14-5-7-16(24-2)17(11-14)25-3/h5-8,11-12H,9-10,13H2,1-4H3,(H2,20,21,23). The molecule has 2 rings (SSSR count). The zero-order valence-corrected chi connectivity index (χ0v) is 15.7. The van der Waals surface area contributed by atoms with Gasteiger partial charge >= 0.3 is 0 Å². The minimum Gasteiger partial charge on any atom is -0.493 e. The van der Waals surface area contributed by atoms with Gasteiger partial charge in [-0.2, -0.15) is 0 Å². The molecule has 0 unspecified atom stereocenters. The van der Waals surface area contributed by atoms with E-state index in [2.05, 4.69) is 20.6 Å². The third kappa shape index (κ3) is 5.54. The molecule has 0 bridgehead atoms. The topological polar surface area (TPSA) is 77.0 Å². The minimum absolute atomic E-state index is 0.603. The van der Waals surface area contributed by atoms with Crippen molar-refractivity contribution in [3.8, 4) is 17.4 Å². The molecule has 2 aromatic rings. The first kappa shape index (κ1) is 19.4. The maximum Gasteiger partial charge on any atom is 0.212 e. The monoisotopic (exact) mass is 358 g/mol. The fraction of sp³-hybridized carbons (Fsp3) is 0.368. The molecule has 1 aromatic heterocycles. The van der Waals surface area contributed by atoms with Gasteiger partial charge in [0.15, 0.2) is 17.5 Å². The van der Waals surface area contributed by atoms with E-state index < -0.39 is 0 Å². The van der Waals surface area contributed by atoms with Gasteiger partial charge in [0.1, 0.15) is 0 Å². The van der Waals surface area contributed by atoms with Crippen molar-refractivity contribution in [3.63, 3.8) is 0 Å². The molecule has 1 heterocycles. The highest BCUT2D eigenvalue weighted by Crippen LogP contribution is 2.27. The summed E-state index contributed by atoms with van der Waals surface area (Å²) in [6.07, 6.45) is 2.62. The molecule has 0 aliphatic heterocycles. The van der Waals surface area contributed by atoms with Gasteiger partial charge in [0.25, 0.3) is 0 Å². The Kier molecular flexibility index (Phi) is 7.54. The van der Waals surface area contributed by atoms with Crippen molar-refractivity contribution in [2.45, 2.75) is 13.0 Å². The van der Waals surface area contributed by atoms with Crippen LogP contribution in [0.3, 0.4) is 0 Å². The lowest BCUT2D eigenvalue weighted by Gasteiger charge is -2.13. The average Bonchev–Trinajstić information content (AvgIpc) is 2.70. The van der Waals surface area contributed by atoms with Crippen molar-refractivity contribution in [2.24, 2.45) is 4.99 Å². The first-order chi connectivity index (χ1) is 12.7. The summed E-state index contributed by atoms with van der Waals surface area (Å²) >= 11 is 0. The highest BCUT2D eigenvalue weighted by Gasteiger charge is 2.05. The lowest BCUT2D eigenvalue weighted by molar-refractivity contribution is 0.354. The number of aliphatic imine (C=N–C) groups is 1. The van der Waals surface area contributed by atoms with E-state index in [0.29, 0.717) is 12.4 Å². The van der Waals surface area contributed by atoms with Crippen LogP contribution in [0.4, 0.5) is 0 Å². The molecule has 0 aliphatic rings. The van der Waals surface area contributed by atoms with E-state index in [-0.39, 0.29) is 0 Å². The van der Waals surface area contributed by atoms with E-state index in [4.69, 9.17) is 14.2 Å². The van der Waals surface area contributed by atoms with Crippen LogP contribution in [-0.4, -0.2) is 45.9 Å². The lowest BCUT2D eigenvalue weighted by atomic mass is 10.1. The molecular formula is C19H26N4O3. The van der Waals surface area contributed by atoms with Crippen LogP contribution in [-0.2, 0) is 13.0 Å². The number of hydrogen-bond acceptors (Lipinski definition) is 5. The maximum absolute atomic E-state index is 5.33. The van der Waals surface area contributed by atoms with Crippen LogP contribution < -0.4 is 24.8 Å². The highest BCUT2D eigenvalue weighted by atomic mass is 16.5. The Balaban J connectivity index is 1.81. The molecule has 7 heteroatoms. The molecule has 0 fully saturated rings. The van der Waals surface area contributed by atoms with Crippen molar-refractivity contribution in [3.05, 3.63) is 47.7 Å². The summed E-state index contributed by atoms with van der Waals surface area (Å²) in [7, 11) is 6.62. The van der Waals surface area contributed by atoms with Crippen LogP contribution in [0.1, 0.15) is 11.1 Å². The fourth-order valence-corrected chi connectivity index (χ4v) is 2.40. The Labute approximate surface area is 154 Å². The number of guanidine groups is 1. The Morgan fingerprint density at radius 1 is 0.962 bits per heavy atom. The molecule has 0 aliphatic carbocycles. The quantitative estimate of drug-likeness (QED) is 0.555. The summed E-state index contributed by atoms with van der Waals surface area (Å²) in [4.78, 5) is 8.42. The van der Waals surface area contributed by atoms with E-state index in [0.717, 1.165) is 41.6 Å². The van der Waals surface area contributed by atoms with E-state index >= 15 is 0 Å². The Morgan fingerprint density at radius 2 is 1.73 bits per heavy atom. The number of nitrogens with zero attached hydrogens (tertiary/aromatic N) is 2. The average molecular weight is 358 g/mol. The largest absolute Gasteiger partial charge is 0.493 e. The third-order valence-electron chi connectivity index (χ3n) is 3.84. The summed E-state index contributed by atoms with van der Waals surface area (Å²) < 4.78 is 15.6. The number of rotatable bonds is 8. The number of methoxy groups -OCH3 is 3. The van der Waals surface area contributed by atoms with Crippen molar-refractivity contribution < 1.29 is 14.2 Å². The molecule has 0 saturated heterocycles. The summed E-state index contributed by atoms with van der Waals surface area (Å²) in [6, 6.07) is 9.74. The molecule has 26 heavy (non-hydrogen) atoms. The van der Waals surface area contributed by atoms with Crippen molar-refractivity contribution >= 4 is 5.96 Å². The normalized spacial score (nSPS) is 11.0. The van der Waals surface area contributed by atoms with Crippen LogP contribution in [0.15, 0.2) is 41.5 Å². The fourth-order valence-electron chi connectivity index (χ4n) is 2.40. The third-order valence-corrected chi connectivity index (χ3v) is 3.84. The van der Waals surface area contributed by atoms with Crippen LogP contribution in [0, 0.1) is 0 Å². The van der Waals surface area contributed by atoms with Crippen LogP contribution in [0.25, 0.3) is 0 Å². The molecule has 7 nitrogen and oxygen atoms in total. The Bertz CT molecular complexity index is 717. The summed E-state index contributed by atoms with van der Waals surface area (Å²) in [6.45, 7) is 1.38. The van der Waals surface area contributed by atoms with Crippen molar-refractivity contribution in [1.82, 2.24) is 15.6 Å². The van der Waals surface area contributed by atoms with E-state index in [1.807, 2.05) is 30.3 Å². The molecule has 0 amide bonds. The molecule has 140 valence electrons. The second-order valence-electron chi connectivity index (χ2n) is 5.50. The van der Waals surface area contributed by atoms with Crippen molar-refractivity contribution in [1.29, 1.82) is 0 Å². The van der Waals surface area contributed by atoms with Gasteiger partial charge in [-0.05, 0) is 29.7 Å². The van der Waals surface area contributed by atoms with Gasteiger partial charge in [0.2, 0.25) is 5.88 Å². The van der Waals surface area contributed by atoms with E-state index in [9.17, 15) is 0 Å². The first-order valence-corrected chi connectivity index (χ1v) is 8.34. The summed E-state index contributed by atoms with van der Waals surface area (Å²) in [5.74, 6) is 2.81. The van der Waals surface area contributed by atoms with Gasteiger partial charge in [0.05, 0.1) is 21.3 Å². The van der Waals surface area contributed by atoms with E-state index in [1.165, 1.54) is 0 Å². The number of nitrogens with one attached hydrogen (secondary N) is 2. The highest BCUT2D eigenvalue weighted by molar-refractivity contribution is 5.79. The second kappa shape index (κ2) is 10.1. The van der Waals surface area contributed by atoms with Gasteiger partial charge in [0, 0.05) is 32.4 Å². The number of pyridine rings is 1. The minimum atomic E-state index is 0.603. The summed E-state index contributed by atoms with van der Waals surface area (Å²) in [5, 5.41) is 6.56. The Morgan fingerprint density at radius 3 is 2.35 bits per heavy atom. The zero-order chi connectivity index (χ0) is 18.8. The predicted octanol–water partition coefficient (Wildman–Crippen LogP) is 2.02. The van der Waals surface area contributed by atoms with Crippen molar-refractivity contribution in [2.75, 3.05) is 34.9 Å². The molecule has 0 atom stereocenters. The predicted molar refractivity (Wildman–Crippen MR) is 102 cm³/mol. The number of benzene rings is 1. The van der Waals surface area contributed by atoms with Crippen LogP contribution >= 0.6 is 0 Å².